The van der Waals surface area contributed by atoms with Crippen LogP contribution in [0.4, 0.5) is 0 Å². The molecule has 3 nitrogen and oxygen atoms in total. The van der Waals surface area contributed by atoms with E-state index in [2.05, 4.69) is 32.1 Å². The quantitative estimate of drug-likeness (QED) is 0.426. The lowest BCUT2D eigenvalue weighted by molar-refractivity contribution is -0.151. The predicted molar refractivity (Wildman–Crippen MR) is 69.7 cm³/mol. The maximum absolute atomic E-state index is 11.4. The zero-order valence-corrected chi connectivity index (χ0v) is 11.1. The molecule has 0 saturated carbocycles. The third kappa shape index (κ3) is 3.33. The Kier molecular flexibility index (Phi) is 4.02. The summed E-state index contributed by atoms with van der Waals surface area (Å²) in [7, 11) is 0. The van der Waals surface area contributed by atoms with Crippen LogP contribution < -0.4 is 0 Å². The van der Waals surface area contributed by atoms with Crippen molar-refractivity contribution in [1.82, 2.24) is 0 Å². The molecule has 0 amide bonds. The molecule has 0 radical (unpaired) electrons. The lowest BCUT2D eigenvalue weighted by Crippen LogP contribution is -2.14. The van der Waals surface area contributed by atoms with Crippen LogP contribution in [0, 0.1) is 11.8 Å². The number of rotatable bonds is 5. The van der Waals surface area contributed by atoms with Gasteiger partial charge in [-0.1, -0.05) is 49.8 Å². The molecule has 2 heterocycles. The zero-order valence-electron chi connectivity index (χ0n) is 11.1. The van der Waals surface area contributed by atoms with Crippen LogP contribution in [0.5, 0.6) is 0 Å². The fourth-order valence-corrected chi connectivity index (χ4v) is 1.94. The van der Waals surface area contributed by atoms with Gasteiger partial charge in [0.05, 0.1) is 5.92 Å². The first-order valence-electron chi connectivity index (χ1n) is 6.45. The third-order valence-electron chi connectivity index (χ3n) is 3.04. The van der Waals surface area contributed by atoms with E-state index < -0.39 is 0 Å². The van der Waals surface area contributed by atoms with E-state index in [1.807, 2.05) is 19.1 Å². The van der Waals surface area contributed by atoms with Crippen molar-refractivity contribution in [2.24, 2.45) is 11.8 Å². The van der Waals surface area contributed by atoms with Gasteiger partial charge in [0.1, 0.15) is 6.10 Å². The molecule has 0 aromatic carbocycles. The Morgan fingerprint density at radius 3 is 2.83 bits per heavy atom. The van der Waals surface area contributed by atoms with Gasteiger partial charge >= 0.3 is 5.97 Å². The molecule has 0 aromatic heterocycles. The first-order chi connectivity index (χ1) is 8.58. The summed E-state index contributed by atoms with van der Waals surface area (Å²) >= 11 is 0. The van der Waals surface area contributed by atoms with Crippen LogP contribution in [-0.2, 0) is 14.3 Å². The van der Waals surface area contributed by atoms with E-state index in [9.17, 15) is 4.79 Å². The fraction of sp³-hybridized carbons (Fsp3) is 0.533. The van der Waals surface area contributed by atoms with Crippen LogP contribution in [0.2, 0.25) is 0 Å². The summed E-state index contributed by atoms with van der Waals surface area (Å²) in [6, 6.07) is 0. The van der Waals surface area contributed by atoms with Crippen molar-refractivity contribution in [3.05, 3.63) is 36.0 Å². The standard InChI is InChI=1S/C15H20O3/c1-10(2)6-4-7-11(3)8-5-9-12-13-15(17-13)18-14(12)16/h4-8,10,12-13,15H,9H2,1-3H3/b6-4+,8-5+,11-7+. The van der Waals surface area contributed by atoms with E-state index in [1.165, 1.54) is 5.57 Å². The molecule has 0 N–H and O–H groups in total. The largest absolute Gasteiger partial charge is 0.432 e. The van der Waals surface area contributed by atoms with Crippen LogP contribution >= 0.6 is 0 Å². The Hall–Kier alpha value is -1.35. The molecule has 2 saturated heterocycles. The molecule has 2 rings (SSSR count). The number of fused-ring (bicyclic) bond motifs is 1. The summed E-state index contributed by atoms with van der Waals surface area (Å²) in [5.41, 5.74) is 1.17. The Morgan fingerprint density at radius 1 is 1.44 bits per heavy atom. The lowest BCUT2D eigenvalue weighted by Gasteiger charge is -2.03. The molecule has 0 aromatic rings. The van der Waals surface area contributed by atoms with Crippen LogP contribution in [0.25, 0.3) is 0 Å². The van der Waals surface area contributed by atoms with Crippen molar-refractivity contribution >= 4 is 5.97 Å². The molecule has 3 unspecified atom stereocenters. The Bertz CT molecular complexity index is 404. The topological polar surface area (TPSA) is 38.8 Å². The monoisotopic (exact) mass is 248 g/mol. The van der Waals surface area contributed by atoms with Crippen LogP contribution in [0.1, 0.15) is 27.2 Å². The van der Waals surface area contributed by atoms with Gasteiger partial charge in [-0.05, 0) is 19.3 Å². The van der Waals surface area contributed by atoms with Gasteiger partial charge < -0.3 is 9.47 Å². The second-order valence-electron chi connectivity index (χ2n) is 5.19. The molecule has 0 aliphatic carbocycles. The number of esters is 1. The second kappa shape index (κ2) is 5.53. The smallest absolute Gasteiger partial charge is 0.314 e. The molecule has 0 spiro atoms. The summed E-state index contributed by atoms with van der Waals surface area (Å²) in [5.74, 6) is 0.336. The van der Waals surface area contributed by atoms with E-state index in [4.69, 9.17) is 9.47 Å². The van der Waals surface area contributed by atoms with Crippen molar-refractivity contribution in [3.8, 4) is 0 Å². The SMILES string of the molecule is CC(/C=C/CC1C(=O)OC2OC21)=C\C=C\C(C)C. The Balaban J connectivity index is 1.78. The van der Waals surface area contributed by atoms with Crippen LogP contribution in [0.15, 0.2) is 36.0 Å². The second-order valence-corrected chi connectivity index (χ2v) is 5.19. The molecule has 18 heavy (non-hydrogen) atoms. The first kappa shape index (κ1) is 13.1. The summed E-state index contributed by atoms with van der Waals surface area (Å²) in [5, 5.41) is 0. The van der Waals surface area contributed by atoms with E-state index in [0.717, 1.165) is 0 Å². The highest BCUT2D eigenvalue weighted by Gasteiger charge is 2.57. The van der Waals surface area contributed by atoms with Gasteiger partial charge in [-0.2, -0.15) is 0 Å². The minimum atomic E-state index is -0.249. The highest BCUT2D eigenvalue weighted by Crippen LogP contribution is 2.40. The maximum atomic E-state index is 11.4. The van der Waals surface area contributed by atoms with Crippen molar-refractivity contribution in [1.29, 1.82) is 0 Å². The molecule has 98 valence electrons. The van der Waals surface area contributed by atoms with Crippen molar-refractivity contribution < 1.29 is 14.3 Å². The lowest BCUT2D eigenvalue weighted by atomic mass is 10.0. The highest BCUT2D eigenvalue weighted by molar-refractivity contribution is 5.76. The number of hydrogen-bond donors (Lipinski definition) is 0. The summed E-state index contributed by atoms with van der Waals surface area (Å²) in [6.45, 7) is 6.34. The van der Waals surface area contributed by atoms with E-state index >= 15 is 0 Å². The van der Waals surface area contributed by atoms with Gasteiger partial charge in [0.15, 0.2) is 0 Å². The number of allylic oxidation sites excluding steroid dienone is 6. The average Bonchev–Trinajstić information content (AvgIpc) is 2.96. The number of epoxide rings is 1. The fourth-order valence-electron chi connectivity index (χ4n) is 1.94. The van der Waals surface area contributed by atoms with E-state index in [0.29, 0.717) is 12.3 Å². The zero-order chi connectivity index (χ0) is 13.1. The number of hydrogen-bond acceptors (Lipinski definition) is 3. The van der Waals surface area contributed by atoms with E-state index in [-0.39, 0.29) is 24.3 Å². The molecular weight excluding hydrogens is 228 g/mol. The number of carbonyl (C=O) groups excluding carboxylic acids is 1. The molecule has 3 atom stereocenters. The summed E-state index contributed by atoms with van der Waals surface area (Å²) in [4.78, 5) is 11.4. The van der Waals surface area contributed by atoms with Crippen LogP contribution in [0.3, 0.4) is 0 Å². The van der Waals surface area contributed by atoms with Gasteiger partial charge in [0, 0.05) is 0 Å². The predicted octanol–water partition coefficient (Wildman–Crippen LogP) is 2.99. The summed E-state index contributed by atoms with van der Waals surface area (Å²) < 4.78 is 10.2. The van der Waals surface area contributed by atoms with E-state index in [1.54, 1.807) is 0 Å². The van der Waals surface area contributed by atoms with Crippen molar-refractivity contribution in [3.63, 3.8) is 0 Å². The molecule has 3 heteroatoms. The van der Waals surface area contributed by atoms with Gasteiger partial charge in [-0.25, -0.2) is 0 Å². The summed E-state index contributed by atoms with van der Waals surface area (Å²) in [6.07, 6.45) is 10.8. The number of carbonyl (C=O) groups is 1. The Morgan fingerprint density at radius 2 is 2.22 bits per heavy atom. The first-order valence-corrected chi connectivity index (χ1v) is 6.45. The van der Waals surface area contributed by atoms with Gasteiger partial charge in [-0.15, -0.1) is 0 Å². The molecular formula is C15H20O3. The molecule has 2 aliphatic heterocycles. The minimum Gasteiger partial charge on any atom is -0.432 e. The van der Waals surface area contributed by atoms with Crippen molar-refractivity contribution in [2.45, 2.75) is 39.6 Å². The van der Waals surface area contributed by atoms with Gasteiger partial charge in [-0.3, -0.25) is 4.79 Å². The van der Waals surface area contributed by atoms with Crippen molar-refractivity contribution in [2.75, 3.05) is 0 Å². The normalized spacial score (nSPS) is 31.4. The molecule has 2 aliphatic rings. The third-order valence-corrected chi connectivity index (χ3v) is 3.04. The minimum absolute atomic E-state index is 0.00673. The van der Waals surface area contributed by atoms with Crippen LogP contribution in [-0.4, -0.2) is 18.4 Å². The van der Waals surface area contributed by atoms with Gasteiger partial charge in [0.25, 0.3) is 0 Å². The Labute approximate surface area is 108 Å². The average molecular weight is 248 g/mol. The van der Waals surface area contributed by atoms with Gasteiger partial charge in [0.2, 0.25) is 6.29 Å². The number of ether oxygens (including phenoxy) is 2. The highest BCUT2D eigenvalue weighted by atomic mass is 16.8. The maximum Gasteiger partial charge on any atom is 0.314 e. The molecule has 2 fully saturated rings. The molecule has 0 bridgehead atoms.